The number of imide groups is 1. The van der Waals surface area contributed by atoms with E-state index in [2.05, 4.69) is 5.32 Å². The first-order valence-electron chi connectivity index (χ1n) is 15.6. The number of hydrogen-bond acceptors (Lipinski definition) is 8. The number of hydroxylamine groups is 1. The number of fused-ring (bicyclic) bond motifs is 1. The topological polar surface area (TPSA) is 145 Å². The minimum absolute atomic E-state index is 0. The van der Waals surface area contributed by atoms with Gasteiger partial charge in [0.1, 0.15) is 12.4 Å². The van der Waals surface area contributed by atoms with E-state index in [1.165, 1.54) is 12.1 Å². The first kappa shape index (κ1) is 37.9. The summed E-state index contributed by atoms with van der Waals surface area (Å²) in [6.45, 7) is 4.51. The molecule has 1 aliphatic heterocycles. The van der Waals surface area contributed by atoms with Crippen LogP contribution in [0.2, 0.25) is 0 Å². The minimum atomic E-state index is -1.30. The molecule has 256 valence electrons. The number of ketones is 1. The zero-order valence-electron chi connectivity index (χ0n) is 27.5. The molecule has 1 heterocycles. The van der Waals surface area contributed by atoms with Crippen LogP contribution in [0, 0.1) is 17.8 Å². The molecular formula is C36H43ClN4O7. The van der Waals surface area contributed by atoms with Crippen LogP contribution >= 0.6 is 12.4 Å². The van der Waals surface area contributed by atoms with Gasteiger partial charge in [-0.3, -0.25) is 34.1 Å². The van der Waals surface area contributed by atoms with E-state index in [9.17, 15) is 29.2 Å². The van der Waals surface area contributed by atoms with Gasteiger partial charge in [0.2, 0.25) is 11.8 Å². The third kappa shape index (κ3) is 9.50. The van der Waals surface area contributed by atoms with E-state index in [4.69, 9.17) is 4.74 Å². The lowest BCUT2D eigenvalue weighted by Crippen LogP contribution is -2.51. The molecule has 3 N–H and O–H groups in total. The highest BCUT2D eigenvalue weighted by atomic mass is 35.5. The number of amides is 4. The monoisotopic (exact) mass is 678 g/mol. The molecule has 1 unspecified atom stereocenters. The Hall–Kier alpha value is -4.58. The van der Waals surface area contributed by atoms with Crippen LogP contribution in [0.4, 0.5) is 0 Å². The molecule has 3 aromatic carbocycles. The van der Waals surface area contributed by atoms with Crippen LogP contribution in [-0.4, -0.2) is 84.3 Å². The van der Waals surface area contributed by atoms with Crippen LogP contribution in [0.5, 0.6) is 5.75 Å². The molecule has 0 bridgehead atoms. The van der Waals surface area contributed by atoms with Crippen molar-refractivity contribution in [1.82, 2.24) is 20.6 Å². The van der Waals surface area contributed by atoms with E-state index in [-0.39, 0.29) is 48.1 Å². The lowest BCUT2D eigenvalue weighted by atomic mass is 9.83. The fourth-order valence-electron chi connectivity index (χ4n) is 5.64. The zero-order chi connectivity index (χ0) is 34.1. The van der Waals surface area contributed by atoms with E-state index in [1.807, 2.05) is 63.2 Å². The van der Waals surface area contributed by atoms with E-state index in [1.54, 1.807) is 41.9 Å². The van der Waals surface area contributed by atoms with Crippen molar-refractivity contribution in [1.29, 1.82) is 0 Å². The van der Waals surface area contributed by atoms with E-state index < -0.39 is 48.1 Å². The second kappa shape index (κ2) is 17.5. The van der Waals surface area contributed by atoms with Gasteiger partial charge in [-0.2, -0.15) is 0 Å². The number of carbonyl (C=O) groups excluding carboxylic acids is 5. The van der Waals surface area contributed by atoms with Crippen LogP contribution in [-0.2, 0) is 16.0 Å². The number of ether oxygens (including phenoxy) is 1. The summed E-state index contributed by atoms with van der Waals surface area (Å²) in [5, 5.41) is 12.6. The van der Waals surface area contributed by atoms with Crippen molar-refractivity contribution in [2.24, 2.45) is 17.8 Å². The molecule has 12 heteroatoms. The smallest absolute Gasteiger partial charge is 0.261 e. The summed E-state index contributed by atoms with van der Waals surface area (Å²) in [7, 11) is 3.89. The molecule has 0 aliphatic carbocycles. The first-order chi connectivity index (χ1) is 22.5. The molecule has 0 saturated heterocycles. The number of rotatable bonds is 16. The molecule has 48 heavy (non-hydrogen) atoms. The fourth-order valence-corrected chi connectivity index (χ4v) is 5.64. The number of nitrogens with zero attached hydrogens (tertiary/aromatic N) is 2. The standard InChI is InChI=1S/C36H42N4O7.ClH/c1-23(2)20-29(30(34(43)38-46)22-40-35(44)27-12-8-9-13-28(27)36(40)45)33(42)37-31(21-24-10-6-5-7-11-24)32(41)25-14-16-26(17-15-25)47-19-18-39(3)4;/h5-17,23,29-31,46H,18-22H2,1-4H3,(H,37,42)(H,38,43);1H/t29-,30?,31+;/m1./s1. The molecule has 11 nitrogen and oxygen atoms in total. The molecule has 3 aromatic rings. The molecule has 1 aliphatic rings. The number of benzene rings is 3. The van der Waals surface area contributed by atoms with E-state index >= 15 is 0 Å². The highest BCUT2D eigenvalue weighted by molar-refractivity contribution is 6.21. The average molecular weight is 679 g/mol. The molecule has 0 aromatic heterocycles. The predicted octanol–water partition coefficient (Wildman–Crippen LogP) is 4.04. The summed E-state index contributed by atoms with van der Waals surface area (Å²) in [6, 6.07) is 21.2. The maximum atomic E-state index is 14.1. The number of likely N-dealkylation sites (N-methyl/N-ethyl adjacent to an activating group) is 1. The van der Waals surface area contributed by atoms with Crippen molar-refractivity contribution in [3.63, 3.8) is 0 Å². The highest BCUT2D eigenvalue weighted by Gasteiger charge is 2.42. The summed E-state index contributed by atoms with van der Waals surface area (Å²) in [6.07, 6.45) is 0.356. The Balaban J connectivity index is 0.00000625. The van der Waals surface area contributed by atoms with Crippen LogP contribution in [0.3, 0.4) is 0 Å². The number of nitrogens with one attached hydrogen (secondary N) is 2. The molecule has 0 radical (unpaired) electrons. The van der Waals surface area contributed by atoms with Crippen LogP contribution in [0.15, 0.2) is 78.9 Å². The second-order valence-electron chi connectivity index (χ2n) is 12.4. The summed E-state index contributed by atoms with van der Waals surface area (Å²) in [4.78, 5) is 70.4. The van der Waals surface area contributed by atoms with Gasteiger partial charge in [-0.15, -0.1) is 12.4 Å². The SMILES string of the molecule is CC(C)C[C@@H](C(=O)N[C@@H](Cc1ccccc1)C(=O)c1ccc(OCCN(C)C)cc1)C(CN1C(=O)c2ccccc2C1=O)C(=O)NO.Cl. The maximum Gasteiger partial charge on any atom is 0.261 e. The van der Waals surface area contributed by atoms with E-state index in [0.717, 1.165) is 17.0 Å². The van der Waals surface area contributed by atoms with Crippen LogP contribution in [0.1, 0.15) is 56.9 Å². The maximum absolute atomic E-state index is 14.1. The molecule has 4 amide bonds. The first-order valence-corrected chi connectivity index (χ1v) is 15.6. The number of Topliss-reactive ketones (excluding diaryl/α,β-unsaturated/α-hetero) is 1. The lowest BCUT2D eigenvalue weighted by Gasteiger charge is -2.30. The van der Waals surface area contributed by atoms with Crippen LogP contribution in [0.25, 0.3) is 0 Å². The predicted molar refractivity (Wildman–Crippen MR) is 182 cm³/mol. The lowest BCUT2D eigenvalue weighted by molar-refractivity contribution is -0.141. The summed E-state index contributed by atoms with van der Waals surface area (Å²) in [5.41, 5.74) is 3.19. The molecule has 0 saturated carbocycles. The quantitative estimate of drug-likeness (QED) is 0.0891. The van der Waals surface area contributed by atoms with Gasteiger partial charge in [0.25, 0.3) is 11.8 Å². The summed E-state index contributed by atoms with van der Waals surface area (Å²) in [5.74, 6) is -4.91. The highest BCUT2D eigenvalue weighted by Crippen LogP contribution is 2.28. The van der Waals surface area contributed by atoms with Gasteiger partial charge in [0.15, 0.2) is 5.78 Å². The third-order valence-electron chi connectivity index (χ3n) is 8.11. The molecule has 3 atom stereocenters. The number of carbonyl (C=O) groups is 5. The van der Waals surface area contributed by atoms with Crippen molar-refractivity contribution in [3.05, 3.63) is 101 Å². The Kier molecular flexibility index (Phi) is 13.8. The van der Waals surface area contributed by atoms with Crippen molar-refractivity contribution >= 4 is 41.8 Å². The number of hydrogen-bond donors (Lipinski definition) is 3. The van der Waals surface area contributed by atoms with Gasteiger partial charge >= 0.3 is 0 Å². The average Bonchev–Trinajstić information content (AvgIpc) is 3.30. The van der Waals surface area contributed by atoms with Crippen molar-refractivity contribution in [3.8, 4) is 5.75 Å². The molecule has 4 rings (SSSR count). The second-order valence-corrected chi connectivity index (χ2v) is 12.4. The van der Waals surface area contributed by atoms with Crippen molar-refractivity contribution < 1.29 is 33.9 Å². The summed E-state index contributed by atoms with van der Waals surface area (Å²) >= 11 is 0. The Morgan fingerprint density at radius 2 is 1.42 bits per heavy atom. The van der Waals surface area contributed by atoms with Crippen molar-refractivity contribution in [2.75, 3.05) is 33.8 Å². The zero-order valence-corrected chi connectivity index (χ0v) is 28.4. The van der Waals surface area contributed by atoms with E-state index in [0.29, 0.717) is 17.9 Å². The summed E-state index contributed by atoms with van der Waals surface area (Å²) < 4.78 is 5.76. The minimum Gasteiger partial charge on any atom is -0.492 e. The largest absolute Gasteiger partial charge is 0.492 e. The van der Waals surface area contributed by atoms with Gasteiger partial charge in [-0.05, 0) is 68.4 Å². The van der Waals surface area contributed by atoms with Gasteiger partial charge in [-0.25, -0.2) is 5.48 Å². The van der Waals surface area contributed by atoms with Crippen molar-refractivity contribution in [2.45, 2.75) is 32.7 Å². The fraction of sp³-hybridized carbons (Fsp3) is 0.361. The normalized spacial score (nSPS) is 14.2. The third-order valence-corrected chi connectivity index (χ3v) is 8.11. The van der Waals surface area contributed by atoms with Crippen LogP contribution < -0.4 is 15.5 Å². The Morgan fingerprint density at radius 3 is 1.96 bits per heavy atom. The van der Waals surface area contributed by atoms with Gasteiger partial charge in [-0.1, -0.05) is 56.3 Å². The Bertz CT molecular complexity index is 1550. The molecular weight excluding hydrogens is 636 g/mol. The Morgan fingerprint density at radius 1 is 0.833 bits per heavy atom. The molecule has 0 spiro atoms. The Labute approximate surface area is 287 Å². The van der Waals surface area contributed by atoms with Gasteiger partial charge in [0, 0.05) is 25.1 Å². The van der Waals surface area contributed by atoms with Gasteiger partial charge in [0.05, 0.1) is 29.0 Å². The van der Waals surface area contributed by atoms with Gasteiger partial charge < -0.3 is 15.0 Å². The molecule has 0 fully saturated rings. The number of halogens is 1.